The van der Waals surface area contributed by atoms with Gasteiger partial charge in [-0.25, -0.2) is 0 Å². The van der Waals surface area contributed by atoms with Crippen LogP contribution in [-0.4, -0.2) is 15.8 Å². The Morgan fingerprint density at radius 1 is 0.239 bits per heavy atom. The molecule has 2 aliphatic heterocycles. The van der Waals surface area contributed by atoms with E-state index >= 15 is 0 Å². The molecule has 330 valence electrons. The first-order valence-corrected chi connectivity index (χ1v) is 24.5. The van der Waals surface area contributed by atoms with Crippen molar-refractivity contribution in [1.82, 2.24) is 9.13 Å². The third kappa shape index (κ3) is 6.00. The Labute approximate surface area is 412 Å². The van der Waals surface area contributed by atoms with Crippen LogP contribution in [0.3, 0.4) is 0 Å². The summed E-state index contributed by atoms with van der Waals surface area (Å²) in [6, 6.07) is 96.1. The molecule has 0 saturated carbocycles. The summed E-state index contributed by atoms with van der Waals surface area (Å²) in [4.78, 5) is 5.00. The van der Waals surface area contributed by atoms with Crippen LogP contribution < -0.4 is 26.2 Å². The maximum atomic E-state index is 2.50. The van der Waals surface area contributed by atoms with E-state index in [2.05, 4.69) is 280 Å². The van der Waals surface area contributed by atoms with Crippen LogP contribution in [0.25, 0.3) is 77.2 Å². The summed E-state index contributed by atoms with van der Waals surface area (Å²) in [6.45, 7) is -0.00752. The number of fused-ring (bicyclic) bond motifs is 10. The lowest BCUT2D eigenvalue weighted by Gasteiger charge is -2.44. The Kier molecular flexibility index (Phi) is 8.72. The molecule has 71 heavy (non-hydrogen) atoms. The van der Waals surface area contributed by atoms with Crippen molar-refractivity contribution in [3.63, 3.8) is 0 Å². The molecule has 0 bridgehead atoms. The van der Waals surface area contributed by atoms with Gasteiger partial charge in [-0.2, -0.15) is 0 Å². The molecule has 5 heteroatoms. The van der Waals surface area contributed by atoms with Crippen molar-refractivity contribution in [1.29, 1.82) is 0 Å². The van der Waals surface area contributed by atoms with Crippen molar-refractivity contribution in [3.8, 4) is 33.6 Å². The number of para-hydroxylation sites is 6. The monoisotopic (exact) mass is 902 g/mol. The van der Waals surface area contributed by atoms with Crippen LogP contribution in [0.5, 0.6) is 0 Å². The number of nitrogens with zero attached hydrogens (tertiary/aromatic N) is 4. The van der Waals surface area contributed by atoms with Gasteiger partial charge in [0, 0.05) is 67.0 Å². The van der Waals surface area contributed by atoms with E-state index in [9.17, 15) is 0 Å². The van der Waals surface area contributed by atoms with Gasteiger partial charge < -0.3 is 18.9 Å². The van der Waals surface area contributed by atoms with Gasteiger partial charge in [-0.1, -0.05) is 152 Å². The summed E-state index contributed by atoms with van der Waals surface area (Å²) in [7, 11) is 0. The second kappa shape index (κ2) is 15.6. The molecule has 0 atom stereocenters. The summed E-state index contributed by atoms with van der Waals surface area (Å²) in [5.74, 6) is 0. The molecular weight excluding hydrogens is 860 g/mol. The third-order valence-corrected chi connectivity index (χ3v) is 15.1. The second-order valence-corrected chi connectivity index (χ2v) is 18.9. The fourth-order valence-electron chi connectivity index (χ4n) is 12.0. The molecule has 13 aromatic rings. The molecule has 2 aromatic heterocycles. The maximum absolute atomic E-state index is 2.50. The van der Waals surface area contributed by atoms with Gasteiger partial charge in [-0.15, -0.1) is 0 Å². The Morgan fingerprint density at radius 3 is 1.03 bits per heavy atom. The minimum absolute atomic E-state index is 0.00752. The molecule has 4 nitrogen and oxygen atoms in total. The largest absolute Gasteiger partial charge is 0.311 e. The van der Waals surface area contributed by atoms with Gasteiger partial charge in [0.1, 0.15) is 0 Å². The minimum atomic E-state index is -0.00752. The van der Waals surface area contributed by atoms with Gasteiger partial charge in [-0.3, -0.25) is 0 Å². The van der Waals surface area contributed by atoms with E-state index in [4.69, 9.17) is 0 Å². The van der Waals surface area contributed by atoms with E-state index in [0.29, 0.717) is 0 Å². The highest BCUT2D eigenvalue weighted by Gasteiger charge is 2.43. The van der Waals surface area contributed by atoms with Gasteiger partial charge in [0.15, 0.2) is 0 Å². The lowest BCUT2D eigenvalue weighted by atomic mass is 9.33. The predicted octanol–water partition coefficient (Wildman–Crippen LogP) is 15.3. The first kappa shape index (κ1) is 39.7. The summed E-state index contributed by atoms with van der Waals surface area (Å²) >= 11 is 0. The smallest absolute Gasteiger partial charge is 0.252 e. The molecule has 0 radical (unpaired) electrons. The topological polar surface area (TPSA) is 16.3 Å². The average Bonchev–Trinajstić information content (AvgIpc) is 3.96. The Bertz CT molecular complexity index is 3970. The molecule has 2 aliphatic rings. The van der Waals surface area contributed by atoms with Gasteiger partial charge in [0.2, 0.25) is 0 Å². The lowest BCUT2D eigenvalue weighted by Crippen LogP contribution is -2.61. The van der Waals surface area contributed by atoms with Crippen molar-refractivity contribution >= 4 is 101 Å². The number of anilines is 6. The Morgan fingerprint density at radius 2 is 0.592 bits per heavy atom. The molecule has 0 spiro atoms. The van der Waals surface area contributed by atoms with Crippen LogP contribution in [0.15, 0.2) is 261 Å². The number of benzene rings is 11. The number of aromatic nitrogens is 2. The zero-order valence-corrected chi connectivity index (χ0v) is 38.7. The number of hydrogen-bond acceptors (Lipinski definition) is 2. The SMILES string of the molecule is c1ccc(N2c3cc(-c4ccc5c(c4)c4ccccc4n5-c4ccccc4)ccc3B3c4ccc(-c5ccc6c(c5)c5ccccc5n6-c5ccccc5)cc4N(c4ccccc4)c4cccc2c43)cc1. The van der Waals surface area contributed by atoms with Crippen molar-refractivity contribution in [2.24, 2.45) is 0 Å². The minimum Gasteiger partial charge on any atom is -0.311 e. The van der Waals surface area contributed by atoms with Crippen molar-refractivity contribution in [2.45, 2.75) is 0 Å². The molecule has 4 heterocycles. The van der Waals surface area contributed by atoms with Crippen LogP contribution in [-0.2, 0) is 0 Å². The van der Waals surface area contributed by atoms with Gasteiger partial charge in [0.05, 0.1) is 22.1 Å². The van der Waals surface area contributed by atoms with E-state index < -0.39 is 0 Å². The summed E-state index contributed by atoms with van der Waals surface area (Å²) in [5, 5.41) is 4.99. The highest BCUT2D eigenvalue weighted by atomic mass is 15.2. The van der Waals surface area contributed by atoms with Gasteiger partial charge >= 0.3 is 0 Å². The van der Waals surface area contributed by atoms with E-state index in [1.165, 1.54) is 105 Å². The Hall–Kier alpha value is -9.32. The third-order valence-electron chi connectivity index (χ3n) is 15.1. The van der Waals surface area contributed by atoms with Crippen LogP contribution in [0.1, 0.15) is 0 Å². The highest BCUT2D eigenvalue weighted by molar-refractivity contribution is 7.00. The first-order valence-electron chi connectivity index (χ1n) is 24.5. The molecule has 15 rings (SSSR count). The molecular formula is C66H43BN4. The molecule has 0 aliphatic carbocycles. The van der Waals surface area contributed by atoms with Crippen molar-refractivity contribution in [3.05, 3.63) is 261 Å². The van der Waals surface area contributed by atoms with E-state index in [-0.39, 0.29) is 6.71 Å². The lowest BCUT2D eigenvalue weighted by molar-refractivity contribution is 1.18. The van der Waals surface area contributed by atoms with E-state index in [1.54, 1.807) is 0 Å². The molecule has 0 saturated heterocycles. The fourth-order valence-corrected chi connectivity index (χ4v) is 12.0. The van der Waals surface area contributed by atoms with Gasteiger partial charge in [0.25, 0.3) is 6.71 Å². The number of rotatable bonds is 6. The fraction of sp³-hybridized carbons (Fsp3) is 0. The van der Waals surface area contributed by atoms with Crippen molar-refractivity contribution in [2.75, 3.05) is 9.80 Å². The van der Waals surface area contributed by atoms with Crippen LogP contribution in [0.2, 0.25) is 0 Å². The van der Waals surface area contributed by atoms with E-state index in [0.717, 1.165) is 22.7 Å². The second-order valence-electron chi connectivity index (χ2n) is 18.9. The average molecular weight is 903 g/mol. The molecule has 0 N–H and O–H groups in total. The first-order chi connectivity index (χ1) is 35.2. The standard InChI is InChI=1S/C66H43BN4/c1-5-18-48(19-6-1)68-58-28-15-13-26-52(58)54-40-44(34-38-60(54)68)46-32-36-56-64(42-46)70(50-22-9-3-10-23-50)62-30-17-31-63-66(62)67(56)57-37-33-47(43-65(57)71(63)51-24-11-4-12-25-51)45-35-39-61-55(41-45)53-27-14-16-29-59(53)69(61)49-20-7-2-8-21-49/h1-43H. The van der Waals surface area contributed by atoms with Gasteiger partial charge in [-0.05, 0) is 148 Å². The quantitative estimate of drug-likeness (QED) is 0.155. The number of hydrogen-bond donors (Lipinski definition) is 0. The Balaban J connectivity index is 0.926. The molecule has 11 aromatic carbocycles. The predicted molar refractivity (Wildman–Crippen MR) is 300 cm³/mol. The summed E-state index contributed by atoms with van der Waals surface area (Å²) in [5.41, 5.74) is 22.8. The van der Waals surface area contributed by atoms with E-state index in [1.807, 2.05) is 0 Å². The molecule has 0 fully saturated rings. The normalized spacial score (nSPS) is 12.7. The summed E-state index contributed by atoms with van der Waals surface area (Å²) < 4.78 is 4.78. The molecule has 0 unspecified atom stereocenters. The zero-order valence-electron chi connectivity index (χ0n) is 38.7. The van der Waals surface area contributed by atoms with Crippen LogP contribution >= 0.6 is 0 Å². The van der Waals surface area contributed by atoms with Crippen LogP contribution in [0.4, 0.5) is 34.1 Å². The van der Waals surface area contributed by atoms with Crippen molar-refractivity contribution < 1.29 is 0 Å². The summed E-state index contributed by atoms with van der Waals surface area (Å²) in [6.07, 6.45) is 0. The molecule has 0 amide bonds. The maximum Gasteiger partial charge on any atom is 0.252 e. The van der Waals surface area contributed by atoms with Crippen LogP contribution in [0, 0.1) is 0 Å². The zero-order chi connectivity index (χ0) is 46.6. The highest BCUT2D eigenvalue weighted by Crippen LogP contribution is 2.46.